The van der Waals surface area contributed by atoms with Crippen LogP contribution in [0, 0.1) is 5.92 Å². The number of piperidine rings is 1. The number of para-hydroxylation sites is 1. The van der Waals surface area contributed by atoms with Crippen LogP contribution in [0.2, 0.25) is 6.32 Å². The molecule has 0 aliphatic carbocycles. The molecule has 0 bridgehead atoms. The number of rotatable bonds is 7. The van der Waals surface area contributed by atoms with Gasteiger partial charge in [-0.3, -0.25) is 0 Å². The Morgan fingerprint density at radius 3 is 2.41 bits per heavy atom. The number of nitrogens with two attached hydrogens (primary N) is 1. The first-order valence-electron chi connectivity index (χ1n) is 10.5. The lowest BCUT2D eigenvalue weighted by atomic mass is 9.82. The van der Waals surface area contributed by atoms with Gasteiger partial charge in [0.2, 0.25) is 0 Å². The zero-order valence-corrected chi connectivity index (χ0v) is 17.6. The van der Waals surface area contributed by atoms with Crippen LogP contribution in [0.5, 0.6) is 0 Å². The van der Waals surface area contributed by atoms with E-state index in [2.05, 4.69) is 4.98 Å². The molecule has 174 valence electrons. The van der Waals surface area contributed by atoms with Gasteiger partial charge < -0.3 is 20.7 Å². The maximum Gasteiger partial charge on any atom is 0.451 e. The summed E-state index contributed by atoms with van der Waals surface area (Å²) in [7, 11) is -1.27. The highest BCUT2D eigenvalue weighted by Gasteiger charge is 2.34. The highest BCUT2D eigenvalue weighted by Crippen LogP contribution is 2.36. The van der Waals surface area contributed by atoms with Crippen LogP contribution >= 0.6 is 0 Å². The number of fused-ring (bicyclic) bond motifs is 1. The fourth-order valence-corrected chi connectivity index (χ4v) is 4.08. The number of alkyl halides is 3. The molecule has 11 heteroatoms. The van der Waals surface area contributed by atoms with E-state index in [9.17, 15) is 13.2 Å². The van der Waals surface area contributed by atoms with Gasteiger partial charge >= 0.3 is 19.4 Å². The van der Waals surface area contributed by atoms with Gasteiger partial charge in [-0.05, 0) is 43.6 Å². The van der Waals surface area contributed by atoms with Gasteiger partial charge in [-0.15, -0.1) is 0 Å². The molecule has 0 spiro atoms. The standard InChI is InChI=1S/C20H27BF3N3O2.CO2/c22-20(23,24)19-13-18(15-5-1-2-7-17(15)26-19)27-11-8-14(9-12-27)16(25)6-3-4-10-21(28)29;2-1-3/h1-2,5,7,13-14,16,28-29H,3-4,6,8-12,25H2;. The third kappa shape index (κ3) is 7.31. The summed E-state index contributed by atoms with van der Waals surface area (Å²) in [5.41, 5.74) is 6.38. The number of nitrogens with zero attached hydrogens (tertiary/aromatic N) is 2. The topological polar surface area (TPSA) is 117 Å². The molecule has 0 radical (unpaired) electrons. The first-order chi connectivity index (χ1) is 15.2. The van der Waals surface area contributed by atoms with Crippen molar-refractivity contribution in [3.05, 3.63) is 36.0 Å². The zero-order valence-electron chi connectivity index (χ0n) is 17.6. The fourth-order valence-electron chi connectivity index (χ4n) is 4.08. The molecule has 1 aromatic heterocycles. The summed E-state index contributed by atoms with van der Waals surface area (Å²) in [5, 5.41) is 18.5. The second-order valence-corrected chi connectivity index (χ2v) is 7.88. The second kappa shape index (κ2) is 12.0. The molecule has 1 aromatic carbocycles. The molecule has 0 amide bonds. The van der Waals surface area contributed by atoms with Gasteiger partial charge in [-0.1, -0.05) is 31.0 Å². The van der Waals surface area contributed by atoms with Crippen LogP contribution in [0.25, 0.3) is 10.9 Å². The Labute approximate surface area is 184 Å². The SMILES string of the molecule is NC(CCCCB(O)O)C1CCN(c2cc(C(F)(F)F)nc3ccccc23)CC1.O=C=O. The number of hydrogen-bond donors (Lipinski definition) is 3. The Hall–Kier alpha value is -2.46. The van der Waals surface area contributed by atoms with Crippen molar-refractivity contribution in [3.8, 4) is 0 Å². The van der Waals surface area contributed by atoms with Crippen LogP contribution in [0.4, 0.5) is 18.9 Å². The van der Waals surface area contributed by atoms with Gasteiger partial charge in [0.25, 0.3) is 0 Å². The Morgan fingerprint density at radius 2 is 1.81 bits per heavy atom. The number of hydrogen-bond acceptors (Lipinski definition) is 7. The Morgan fingerprint density at radius 1 is 1.19 bits per heavy atom. The molecule has 1 saturated heterocycles. The van der Waals surface area contributed by atoms with Crippen molar-refractivity contribution >= 4 is 29.9 Å². The maximum atomic E-state index is 13.3. The molecule has 1 atom stereocenters. The van der Waals surface area contributed by atoms with E-state index in [0.29, 0.717) is 43.0 Å². The van der Waals surface area contributed by atoms with Crippen LogP contribution in [0.15, 0.2) is 30.3 Å². The first kappa shape index (κ1) is 25.8. The van der Waals surface area contributed by atoms with Crippen molar-refractivity contribution in [2.75, 3.05) is 18.0 Å². The van der Waals surface area contributed by atoms with Crippen LogP contribution in [0.3, 0.4) is 0 Å². The van der Waals surface area contributed by atoms with E-state index in [0.717, 1.165) is 37.1 Å². The lowest BCUT2D eigenvalue weighted by Gasteiger charge is -2.36. The molecule has 2 aromatic rings. The van der Waals surface area contributed by atoms with Gasteiger partial charge in [0.1, 0.15) is 5.69 Å². The van der Waals surface area contributed by atoms with Crippen LogP contribution < -0.4 is 10.6 Å². The summed E-state index contributed by atoms with van der Waals surface area (Å²) >= 11 is 0. The average Bonchev–Trinajstić information content (AvgIpc) is 2.75. The number of aromatic nitrogens is 1. The van der Waals surface area contributed by atoms with Crippen LogP contribution in [-0.2, 0) is 15.8 Å². The van der Waals surface area contributed by atoms with Gasteiger partial charge in [0.05, 0.1) is 5.52 Å². The normalized spacial score (nSPS) is 15.6. The monoisotopic (exact) mass is 453 g/mol. The molecule has 0 saturated carbocycles. The lowest BCUT2D eigenvalue weighted by molar-refractivity contribution is -0.191. The third-order valence-corrected chi connectivity index (χ3v) is 5.72. The maximum absolute atomic E-state index is 13.3. The molecule has 7 nitrogen and oxygen atoms in total. The minimum atomic E-state index is -4.48. The molecule has 4 N–H and O–H groups in total. The van der Waals surface area contributed by atoms with Crippen molar-refractivity contribution in [1.29, 1.82) is 0 Å². The number of benzene rings is 1. The number of carbonyl (C=O) groups excluding carboxylic acids is 2. The number of unbranched alkanes of at least 4 members (excludes halogenated alkanes) is 1. The van der Waals surface area contributed by atoms with Crippen LogP contribution in [0.1, 0.15) is 37.8 Å². The first-order valence-corrected chi connectivity index (χ1v) is 10.5. The van der Waals surface area contributed by atoms with E-state index >= 15 is 0 Å². The van der Waals surface area contributed by atoms with Crippen molar-refractivity contribution < 1.29 is 32.8 Å². The highest BCUT2D eigenvalue weighted by molar-refractivity contribution is 6.40. The van der Waals surface area contributed by atoms with Gasteiger partial charge in [-0.2, -0.15) is 22.8 Å². The third-order valence-electron chi connectivity index (χ3n) is 5.72. The van der Waals surface area contributed by atoms with E-state index in [1.165, 1.54) is 0 Å². The largest absolute Gasteiger partial charge is 0.451 e. The van der Waals surface area contributed by atoms with Crippen LogP contribution in [-0.4, -0.2) is 47.4 Å². The molecule has 3 rings (SSSR count). The van der Waals surface area contributed by atoms with Crippen molar-refractivity contribution in [2.45, 2.75) is 50.6 Å². The number of halogens is 3. The molecule has 1 aliphatic heterocycles. The van der Waals surface area contributed by atoms with Crippen molar-refractivity contribution in [3.63, 3.8) is 0 Å². The molecule has 1 aliphatic rings. The fraction of sp³-hybridized carbons (Fsp3) is 0.524. The van der Waals surface area contributed by atoms with E-state index in [1.807, 2.05) is 17.0 Å². The summed E-state index contributed by atoms with van der Waals surface area (Å²) in [6.07, 6.45) is 0.122. The quantitative estimate of drug-likeness (QED) is 0.436. The summed E-state index contributed by atoms with van der Waals surface area (Å²) in [6.45, 7) is 1.30. The Balaban J connectivity index is 0.00000114. The predicted octanol–water partition coefficient (Wildman–Crippen LogP) is 2.86. The molecular formula is C21H27BF3N3O4. The Bertz CT molecular complexity index is 899. The van der Waals surface area contributed by atoms with E-state index in [-0.39, 0.29) is 12.2 Å². The smallest absolute Gasteiger partial charge is 0.427 e. The summed E-state index contributed by atoms with van der Waals surface area (Å²) in [5.74, 6) is 0.320. The highest BCUT2D eigenvalue weighted by atomic mass is 19.4. The Kier molecular flexibility index (Phi) is 9.65. The van der Waals surface area contributed by atoms with Crippen molar-refractivity contribution in [1.82, 2.24) is 4.98 Å². The van der Waals surface area contributed by atoms with Gasteiger partial charge in [0, 0.05) is 30.2 Å². The van der Waals surface area contributed by atoms with E-state index in [1.54, 1.807) is 12.1 Å². The summed E-state index contributed by atoms with van der Waals surface area (Å²) in [6, 6.07) is 8.11. The zero-order chi connectivity index (χ0) is 23.7. The molecule has 2 heterocycles. The predicted molar refractivity (Wildman–Crippen MR) is 114 cm³/mol. The summed E-state index contributed by atoms with van der Waals surface area (Å²) < 4.78 is 39.9. The number of pyridine rings is 1. The molecule has 32 heavy (non-hydrogen) atoms. The molecule has 1 fully saturated rings. The minimum Gasteiger partial charge on any atom is -0.427 e. The lowest BCUT2D eigenvalue weighted by Crippen LogP contribution is -2.41. The average molecular weight is 453 g/mol. The van der Waals surface area contributed by atoms with Gasteiger partial charge in [0.15, 0.2) is 0 Å². The molecule has 1 unspecified atom stereocenters. The van der Waals surface area contributed by atoms with Gasteiger partial charge in [-0.25, -0.2) is 4.98 Å². The minimum absolute atomic E-state index is 0.0212. The van der Waals surface area contributed by atoms with Crippen molar-refractivity contribution in [2.24, 2.45) is 11.7 Å². The summed E-state index contributed by atoms with van der Waals surface area (Å²) in [4.78, 5) is 22.0. The number of anilines is 1. The van der Waals surface area contributed by atoms with E-state index < -0.39 is 19.0 Å². The molecular weight excluding hydrogens is 426 g/mol. The second-order valence-electron chi connectivity index (χ2n) is 7.88. The van der Waals surface area contributed by atoms with E-state index in [4.69, 9.17) is 25.4 Å².